The third-order valence-electron chi connectivity index (χ3n) is 5.18. The standard InChI is InChI=1S/C22H30N2O4/c1-17-13-20(28-21(17)22(25)26-3)16-24(15-19-7-5-4-6-8-19)18(2)14-23-9-11-27-12-10-23/h4-8,13,18H,9-12,14-16H2,1-3H3. The van der Waals surface area contributed by atoms with Crippen LogP contribution in [-0.2, 0) is 22.6 Å². The Morgan fingerprint density at radius 1 is 1.21 bits per heavy atom. The fourth-order valence-corrected chi connectivity index (χ4v) is 3.58. The SMILES string of the molecule is COC(=O)c1oc(CN(Cc2ccccc2)C(C)CN2CCOCC2)cc1C. The molecule has 0 radical (unpaired) electrons. The second kappa shape index (κ2) is 9.87. The van der Waals surface area contributed by atoms with E-state index in [9.17, 15) is 4.79 Å². The van der Waals surface area contributed by atoms with Gasteiger partial charge in [0.05, 0.1) is 26.9 Å². The quantitative estimate of drug-likeness (QED) is 0.650. The summed E-state index contributed by atoms with van der Waals surface area (Å²) in [5.41, 5.74) is 2.06. The Bertz CT molecular complexity index is 753. The smallest absolute Gasteiger partial charge is 0.374 e. The highest BCUT2D eigenvalue weighted by Crippen LogP contribution is 2.20. The van der Waals surface area contributed by atoms with Crippen molar-refractivity contribution in [3.05, 3.63) is 59.0 Å². The van der Waals surface area contributed by atoms with E-state index in [0.717, 1.165) is 50.7 Å². The van der Waals surface area contributed by atoms with Crippen molar-refractivity contribution < 1.29 is 18.7 Å². The Labute approximate surface area is 167 Å². The van der Waals surface area contributed by atoms with Crippen LogP contribution in [0.1, 0.15) is 34.4 Å². The van der Waals surface area contributed by atoms with E-state index in [0.29, 0.717) is 12.6 Å². The minimum Gasteiger partial charge on any atom is -0.463 e. The number of carbonyl (C=O) groups excluding carboxylic acids is 1. The van der Waals surface area contributed by atoms with Gasteiger partial charge in [-0.25, -0.2) is 4.79 Å². The van der Waals surface area contributed by atoms with Gasteiger partial charge in [-0.3, -0.25) is 9.80 Å². The highest BCUT2D eigenvalue weighted by molar-refractivity contribution is 5.87. The van der Waals surface area contributed by atoms with E-state index in [1.807, 2.05) is 19.1 Å². The number of hydrogen-bond donors (Lipinski definition) is 0. The number of nitrogens with zero attached hydrogens (tertiary/aromatic N) is 2. The predicted octanol–water partition coefficient (Wildman–Crippen LogP) is 3.10. The molecule has 0 saturated carbocycles. The largest absolute Gasteiger partial charge is 0.463 e. The minimum atomic E-state index is -0.431. The number of morpholine rings is 1. The van der Waals surface area contributed by atoms with Gasteiger partial charge < -0.3 is 13.9 Å². The molecule has 1 unspecified atom stereocenters. The molecule has 1 saturated heterocycles. The summed E-state index contributed by atoms with van der Waals surface area (Å²) in [5, 5.41) is 0. The van der Waals surface area contributed by atoms with E-state index in [-0.39, 0.29) is 5.76 Å². The molecule has 28 heavy (non-hydrogen) atoms. The van der Waals surface area contributed by atoms with E-state index in [1.165, 1.54) is 12.7 Å². The molecule has 1 atom stereocenters. The lowest BCUT2D eigenvalue weighted by molar-refractivity contribution is 0.0217. The molecule has 0 aliphatic carbocycles. The third kappa shape index (κ3) is 5.44. The molecule has 0 bridgehead atoms. The molecule has 6 heteroatoms. The summed E-state index contributed by atoms with van der Waals surface area (Å²) in [6.45, 7) is 10.1. The van der Waals surface area contributed by atoms with Gasteiger partial charge in [0.2, 0.25) is 5.76 Å². The highest BCUT2D eigenvalue weighted by atomic mass is 16.5. The van der Waals surface area contributed by atoms with Crippen molar-refractivity contribution in [1.82, 2.24) is 9.80 Å². The van der Waals surface area contributed by atoms with E-state index >= 15 is 0 Å². The van der Waals surface area contributed by atoms with Gasteiger partial charge >= 0.3 is 5.97 Å². The first kappa shape index (κ1) is 20.6. The predicted molar refractivity (Wildman–Crippen MR) is 107 cm³/mol. The van der Waals surface area contributed by atoms with E-state index in [4.69, 9.17) is 13.9 Å². The summed E-state index contributed by atoms with van der Waals surface area (Å²) in [4.78, 5) is 16.7. The number of ether oxygens (including phenoxy) is 2. The first-order valence-electron chi connectivity index (χ1n) is 9.82. The van der Waals surface area contributed by atoms with Crippen molar-refractivity contribution in [3.8, 4) is 0 Å². The van der Waals surface area contributed by atoms with Crippen LogP contribution in [0.15, 0.2) is 40.8 Å². The number of esters is 1. The van der Waals surface area contributed by atoms with E-state index in [1.54, 1.807) is 0 Å². The van der Waals surface area contributed by atoms with Gasteiger partial charge in [-0.1, -0.05) is 30.3 Å². The van der Waals surface area contributed by atoms with Crippen LogP contribution < -0.4 is 0 Å². The molecular weight excluding hydrogens is 356 g/mol. The van der Waals surface area contributed by atoms with Crippen LogP contribution in [-0.4, -0.2) is 61.8 Å². The van der Waals surface area contributed by atoms with Crippen molar-refractivity contribution >= 4 is 5.97 Å². The summed E-state index contributed by atoms with van der Waals surface area (Å²) < 4.78 is 16.1. The summed E-state index contributed by atoms with van der Waals surface area (Å²) >= 11 is 0. The fraction of sp³-hybridized carbons (Fsp3) is 0.500. The van der Waals surface area contributed by atoms with Crippen molar-refractivity contribution in [2.45, 2.75) is 33.0 Å². The van der Waals surface area contributed by atoms with Crippen LogP contribution in [0.25, 0.3) is 0 Å². The van der Waals surface area contributed by atoms with Gasteiger partial charge in [-0.05, 0) is 25.5 Å². The Morgan fingerprint density at radius 3 is 2.61 bits per heavy atom. The normalized spacial score (nSPS) is 16.3. The zero-order valence-electron chi connectivity index (χ0n) is 17.0. The molecule has 3 rings (SSSR count). The van der Waals surface area contributed by atoms with Crippen molar-refractivity contribution in [2.24, 2.45) is 0 Å². The van der Waals surface area contributed by atoms with Crippen LogP contribution in [0.2, 0.25) is 0 Å². The van der Waals surface area contributed by atoms with Gasteiger partial charge in [0.1, 0.15) is 5.76 Å². The zero-order chi connectivity index (χ0) is 19.9. The average molecular weight is 386 g/mol. The van der Waals surface area contributed by atoms with Crippen LogP contribution in [0, 0.1) is 6.92 Å². The molecule has 1 aliphatic heterocycles. The van der Waals surface area contributed by atoms with Crippen molar-refractivity contribution in [2.75, 3.05) is 40.0 Å². The molecule has 1 aromatic heterocycles. The summed E-state index contributed by atoms with van der Waals surface area (Å²) in [6.07, 6.45) is 0. The number of carbonyl (C=O) groups is 1. The number of methoxy groups -OCH3 is 1. The molecule has 1 aliphatic rings. The maximum atomic E-state index is 11.9. The Morgan fingerprint density at radius 2 is 1.93 bits per heavy atom. The summed E-state index contributed by atoms with van der Waals surface area (Å²) in [7, 11) is 1.37. The minimum absolute atomic E-state index is 0.290. The Hall–Kier alpha value is -2.15. The molecule has 2 aromatic rings. The lowest BCUT2D eigenvalue weighted by Gasteiger charge is -2.34. The fourth-order valence-electron chi connectivity index (χ4n) is 3.58. The molecular formula is C22H30N2O4. The topological polar surface area (TPSA) is 55.2 Å². The lowest BCUT2D eigenvalue weighted by Crippen LogP contribution is -2.45. The van der Waals surface area contributed by atoms with Crippen LogP contribution in [0.3, 0.4) is 0 Å². The number of hydrogen-bond acceptors (Lipinski definition) is 6. The molecule has 1 aromatic carbocycles. The van der Waals surface area contributed by atoms with Crippen LogP contribution in [0.4, 0.5) is 0 Å². The lowest BCUT2D eigenvalue weighted by atomic mass is 10.1. The van der Waals surface area contributed by atoms with Gasteiger partial charge in [0, 0.05) is 37.8 Å². The van der Waals surface area contributed by atoms with E-state index in [2.05, 4.69) is 41.0 Å². The molecule has 152 valence electrons. The first-order chi connectivity index (χ1) is 13.6. The zero-order valence-corrected chi connectivity index (χ0v) is 17.0. The molecule has 0 amide bonds. The van der Waals surface area contributed by atoms with Crippen molar-refractivity contribution in [3.63, 3.8) is 0 Å². The van der Waals surface area contributed by atoms with Gasteiger partial charge in [-0.15, -0.1) is 0 Å². The Balaban J connectivity index is 1.74. The monoisotopic (exact) mass is 386 g/mol. The number of benzene rings is 1. The molecule has 1 fully saturated rings. The summed E-state index contributed by atoms with van der Waals surface area (Å²) in [6, 6.07) is 12.7. The molecule has 6 nitrogen and oxygen atoms in total. The highest BCUT2D eigenvalue weighted by Gasteiger charge is 2.22. The molecule has 2 heterocycles. The average Bonchev–Trinajstić information content (AvgIpc) is 3.08. The Kier molecular flexibility index (Phi) is 7.25. The van der Waals surface area contributed by atoms with Gasteiger partial charge in [-0.2, -0.15) is 0 Å². The van der Waals surface area contributed by atoms with Crippen LogP contribution >= 0.6 is 0 Å². The number of rotatable bonds is 8. The van der Waals surface area contributed by atoms with Gasteiger partial charge in [0.25, 0.3) is 0 Å². The van der Waals surface area contributed by atoms with E-state index < -0.39 is 5.97 Å². The second-order valence-electron chi connectivity index (χ2n) is 7.37. The van der Waals surface area contributed by atoms with Crippen molar-refractivity contribution in [1.29, 1.82) is 0 Å². The van der Waals surface area contributed by atoms with Gasteiger partial charge in [0.15, 0.2) is 0 Å². The number of aryl methyl sites for hydroxylation is 1. The number of furan rings is 1. The third-order valence-corrected chi connectivity index (χ3v) is 5.18. The molecule has 0 N–H and O–H groups in total. The first-order valence-corrected chi connectivity index (χ1v) is 9.82. The molecule has 0 spiro atoms. The maximum Gasteiger partial charge on any atom is 0.374 e. The maximum absolute atomic E-state index is 11.9. The van der Waals surface area contributed by atoms with Crippen LogP contribution in [0.5, 0.6) is 0 Å². The second-order valence-corrected chi connectivity index (χ2v) is 7.37. The summed E-state index contributed by atoms with van der Waals surface area (Å²) in [5.74, 6) is 0.639.